The molecule has 2 aromatic rings. The SMILES string of the molecule is O=S(=O)(CCc1ccccc1)NCCN1CCOC(c2ccccc2)C1. The van der Waals surface area contributed by atoms with Crippen molar-refractivity contribution in [2.24, 2.45) is 0 Å². The van der Waals surface area contributed by atoms with Gasteiger partial charge in [-0.05, 0) is 17.5 Å². The predicted octanol–water partition coefficient (Wildman–Crippen LogP) is 2.22. The molecule has 1 N–H and O–H groups in total. The first kappa shape index (κ1) is 19.0. The fourth-order valence-electron chi connectivity index (χ4n) is 3.10. The summed E-state index contributed by atoms with van der Waals surface area (Å²) < 4.78 is 32.9. The fourth-order valence-corrected chi connectivity index (χ4v) is 4.15. The molecule has 0 saturated carbocycles. The largest absolute Gasteiger partial charge is 0.371 e. The third kappa shape index (κ3) is 5.92. The molecule has 0 aliphatic carbocycles. The average Bonchev–Trinajstić information content (AvgIpc) is 2.68. The molecule has 3 rings (SSSR count). The molecule has 0 radical (unpaired) electrons. The molecule has 1 atom stereocenters. The maximum absolute atomic E-state index is 12.2. The molecule has 6 heteroatoms. The third-order valence-corrected chi connectivity index (χ3v) is 5.96. The van der Waals surface area contributed by atoms with Crippen molar-refractivity contribution >= 4 is 10.0 Å². The van der Waals surface area contributed by atoms with Gasteiger partial charge in [0.25, 0.3) is 0 Å². The Morgan fingerprint density at radius 2 is 1.73 bits per heavy atom. The summed E-state index contributed by atoms with van der Waals surface area (Å²) in [5.41, 5.74) is 2.21. The number of aryl methyl sites for hydroxylation is 1. The maximum atomic E-state index is 12.2. The van der Waals surface area contributed by atoms with Crippen molar-refractivity contribution in [3.8, 4) is 0 Å². The quantitative estimate of drug-likeness (QED) is 0.770. The zero-order valence-corrected chi connectivity index (χ0v) is 15.7. The van der Waals surface area contributed by atoms with Crippen molar-refractivity contribution in [2.45, 2.75) is 12.5 Å². The summed E-state index contributed by atoms with van der Waals surface area (Å²) >= 11 is 0. The number of nitrogens with zero attached hydrogens (tertiary/aromatic N) is 1. The number of sulfonamides is 1. The fraction of sp³-hybridized carbons (Fsp3) is 0.400. The Kier molecular flexibility index (Phi) is 6.80. The van der Waals surface area contributed by atoms with Crippen LogP contribution in [0.3, 0.4) is 0 Å². The van der Waals surface area contributed by atoms with E-state index >= 15 is 0 Å². The highest BCUT2D eigenvalue weighted by molar-refractivity contribution is 7.89. The second-order valence-electron chi connectivity index (χ2n) is 6.52. The number of hydrogen-bond acceptors (Lipinski definition) is 4. The lowest BCUT2D eigenvalue weighted by atomic mass is 10.1. The number of morpholine rings is 1. The summed E-state index contributed by atoms with van der Waals surface area (Å²) in [6.45, 7) is 3.40. The summed E-state index contributed by atoms with van der Waals surface area (Å²) in [4.78, 5) is 2.25. The van der Waals surface area contributed by atoms with Crippen LogP contribution in [0.1, 0.15) is 17.2 Å². The summed E-state index contributed by atoms with van der Waals surface area (Å²) in [6, 6.07) is 19.8. The van der Waals surface area contributed by atoms with E-state index in [1.54, 1.807) is 0 Å². The van der Waals surface area contributed by atoms with E-state index in [1.165, 1.54) is 5.56 Å². The van der Waals surface area contributed by atoms with E-state index in [9.17, 15) is 8.42 Å². The van der Waals surface area contributed by atoms with Crippen LogP contribution in [0.2, 0.25) is 0 Å². The van der Waals surface area contributed by atoms with Gasteiger partial charge in [-0.25, -0.2) is 13.1 Å². The van der Waals surface area contributed by atoms with Crippen LogP contribution >= 0.6 is 0 Å². The number of nitrogens with one attached hydrogen (secondary N) is 1. The highest BCUT2D eigenvalue weighted by atomic mass is 32.2. The first-order chi connectivity index (χ1) is 12.6. The second-order valence-corrected chi connectivity index (χ2v) is 8.45. The van der Waals surface area contributed by atoms with Crippen molar-refractivity contribution in [1.29, 1.82) is 0 Å². The summed E-state index contributed by atoms with van der Waals surface area (Å²) in [6.07, 6.45) is 0.587. The van der Waals surface area contributed by atoms with Crippen LogP contribution < -0.4 is 4.72 Å². The molecule has 2 aromatic carbocycles. The van der Waals surface area contributed by atoms with E-state index in [0.717, 1.165) is 18.7 Å². The van der Waals surface area contributed by atoms with Crippen molar-refractivity contribution in [2.75, 3.05) is 38.5 Å². The highest BCUT2D eigenvalue weighted by Crippen LogP contribution is 2.21. The van der Waals surface area contributed by atoms with E-state index in [1.807, 2.05) is 48.5 Å². The van der Waals surface area contributed by atoms with Gasteiger partial charge in [0.05, 0.1) is 18.5 Å². The lowest BCUT2D eigenvalue weighted by Crippen LogP contribution is -2.43. The van der Waals surface area contributed by atoms with Crippen LogP contribution in [0.5, 0.6) is 0 Å². The minimum absolute atomic E-state index is 0.0552. The summed E-state index contributed by atoms with van der Waals surface area (Å²) in [7, 11) is -3.25. The summed E-state index contributed by atoms with van der Waals surface area (Å²) in [5, 5.41) is 0. The monoisotopic (exact) mass is 374 g/mol. The molecule has 0 bridgehead atoms. The molecule has 5 nitrogen and oxygen atoms in total. The normalized spacial score (nSPS) is 18.7. The molecule has 1 fully saturated rings. The molecule has 1 saturated heterocycles. The van der Waals surface area contributed by atoms with Crippen LogP contribution in [-0.4, -0.2) is 51.9 Å². The Morgan fingerprint density at radius 3 is 2.46 bits per heavy atom. The topological polar surface area (TPSA) is 58.6 Å². The van der Waals surface area contributed by atoms with Gasteiger partial charge in [-0.15, -0.1) is 0 Å². The minimum atomic E-state index is -3.25. The van der Waals surface area contributed by atoms with Gasteiger partial charge in [0, 0.05) is 26.2 Å². The van der Waals surface area contributed by atoms with Gasteiger partial charge in [0.1, 0.15) is 0 Å². The molecule has 0 spiro atoms. The first-order valence-corrected chi connectivity index (χ1v) is 10.7. The first-order valence-electron chi connectivity index (χ1n) is 9.02. The van der Waals surface area contributed by atoms with Gasteiger partial charge in [-0.1, -0.05) is 60.7 Å². The lowest BCUT2D eigenvalue weighted by molar-refractivity contribution is -0.0291. The molecule has 140 valence electrons. The molecule has 26 heavy (non-hydrogen) atoms. The molecule has 1 unspecified atom stereocenters. The minimum Gasteiger partial charge on any atom is -0.371 e. The number of benzene rings is 2. The zero-order chi connectivity index (χ0) is 18.2. The molecule has 0 aromatic heterocycles. The lowest BCUT2D eigenvalue weighted by Gasteiger charge is -2.33. The zero-order valence-electron chi connectivity index (χ0n) is 14.9. The number of rotatable bonds is 8. The van der Waals surface area contributed by atoms with Crippen LogP contribution in [0, 0.1) is 0 Å². The van der Waals surface area contributed by atoms with Gasteiger partial charge in [-0.2, -0.15) is 0 Å². The van der Waals surface area contributed by atoms with E-state index < -0.39 is 10.0 Å². The van der Waals surface area contributed by atoms with Crippen LogP contribution in [-0.2, 0) is 21.2 Å². The Bertz CT molecular complexity index is 766. The molecule has 1 heterocycles. The third-order valence-electron chi connectivity index (χ3n) is 4.57. The van der Waals surface area contributed by atoms with Gasteiger partial charge >= 0.3 is 0 Å². The van der Waals surface area contributed by atoms with Crippen LogP contribution in [0.15, 0.2) is 60.7 Å². The van der Waals surface area contributed by atoms with Crippen molar-refractivity contribution in [3.05, 3.63) is 71.8 Å². The highest BCUT2D eigenvalue weighted by Gasteiger charge is 2.21. The van der Waals surface area contributed by atoms with E-state index in [0.29, 0.717) is 26.1 Å². The number of hydrogen-bond donors (Lipinski definition) is 1. The van der Waals surface area contributed by atoms with E-state index in [4.69, 9.17) is 4.74 Å². The molecule has 1 aliphatic heterocycles. The Balaban J connectivity index is 1.42. The van der Waals surface area contributed by atoms with Crippen molar-refractivity contribution < 1.29 is 13.2 Å². The smallest absolute Gasteiger partial charge is 0.211 e. The molecular formula is C20H26N2O3S. The van der Waals surface area contributed by atoms with Gasteiger partial charge in [0.2, 0.25) is 10.0 Å². The Hall–Kier alpha value is -1.73. The van der Waals surface area contributed by atoms with Crippen molar-refractivity contribution in [1.82, 2.24) is 9.62 Å². The second kappa shape index (κ2) is 9.28. The maximum Gasteiger partial charge on any atom is 0.211 e. The predicted molar refractivity (Wildman–Crippen MR) is 104 cm³/mol. The Morgan fingerprint density at radius 1 is 1.04 bits per heavy atom. The van der Waals surface area contributed by atoms with Gasteiger partial charge in [0.15, 0.2) is 0 Å². The van der Waals surface area contributed by atoms with Gasteiger partial charge in [-0.3, -0.25) is 4.90 Å². The van der Waals surface area contributed by atoms with Crippen molar-refractivity contribution in [3.63, 3.8) is 0 Å². The Labute approximate surface area is 156 Å². The van der Waals surface area contributed by atoms with Crippen LogP contribution in [0.25, 0.3) is 0 Å². The van der Waals surface area contributed by atoms with E-state index in [2.05, 4.69) is 21.8 Å². The number of ether oxygens (including phenoxy) is 1. The van der Waals surface area contributed by atoms with Crippen LogP contribution in [0.4, 0.5) is 0 Å². The summed E-state index contributed by atoms with van der Waals surface area (Å²) in [5.74, 6) is 0.118. The average molecular weight is 375 g/mol. The molecular weight excluding hydrogens is 348 g/mol. The molecule has 1 aliphatic rings. The standard InChI is InChI=1S/C20H26N2O3S/c23-26(24,16-11-18-7-3-1-4-8-18)21-12-13-22-14-15-25-20(17-22)19-9-5-2-6-10-19/h1-10,20-21H,11-17H2. The molecule has 0 amide bonds. The van der Waals surface area contributed by atoms with Gasteiger partial charge < -0.3 is 4.74 Å². The van der Waals surface area contributed by atoms with E-state index in [-0.39, 0.29) is 11.9 Å².